The van der Waals surface area contributed by atoms with Gasteiger partial charge >= 0.3 is 0 Å². The highest BCUT2D eigenvalue weighted by atomic mass is 35.5. The Bertz CT molecular complexity index is 455. The first-order valence-corrected chi connectivity index (χ1v) is 8.48. The number of carbonyl (C=O) groups is 1. The van der Waals surface area contributed by atoms with Gasteiger partial charge in [-0.3, -0.25) is 4.79 Å². The first-order valence-electron chi connectivity index (χ1n) is 8.48. The largest absolute Gasteiger partial charge is 0.354 e. The molecule has 130 valence electrons. The van der Waals surface area contributed by atoms with Gasteiger partial charge in [0.05, 0.1) is 6.04 Å². The maximum Gasteiger partial charge on any atom is 0.236 e. The lowest BCUT2D eigenvalue weighted by molar-refractivity contribution is -0.122. The van der Waals surface area contributed by atoms with Gasteiger partial charge in [0.25, 0.3) is 0 Å². The third-order valence-electron chi connectivity index (χ3n) is 4.43. The number of halogens is 1. The van der Waals surface area contributed by atoms with E-state index < -0.39 is 0 Å². The molecule has 1 fully saturated rings. The summed E-state index contributed by atoms with van der Waals surface area (Å²) in [7, 11) is 0. The summed E-state index contributed by atoms with van der Waals surface area (Å²) in [6.07, 6.45) is 3.98. The highest BCUT2D eigenvalue weighted by Gasteiger charge is 2.23. The molecule has 23 heavy (non-hydrogen) atoms. The molecule has 0 aromatic heterocycles. The second-order valence-electron chi connectivity index (χ2n) is 6.33. The molecule has 3 N–H and O–H groups in total. The van der Waals surface area contributed by atoms with Gasteiger partial charge in [-0.25, -0.2) is 0 Å². The predicted molar refractivity (Wildman–Crippen MR) is 97.8 cm³/mol. The number of likely N-dealkylation sites (tertiary alicyclic amines) is 1. The highest BCUT2D eigenvalue weighted by Crippen LogP contribution is 2.16. The molecule has 1 aromatic rings. The molecule has 2 atom stereocenters. The normalized spacial score (nSPS) is 19.1. The Kier molecular flexibility index (Phi) is 9.22. The van der Waals surface area contributed by atoms with E-state index in [1.165, 1.54) is 5.56 Å². The van der Waals surface area contributed by atoms with Gasteiger partial charge in [0, 0.05) is 19.6 Å². The van der Waals surface area contributed by atoms with E-state index in [-0.39, 0.29) is 24.4 Å². The van der Waals surface area contributed by atoms with Crippen molar-refractivity contribution in [2.24, 2.45) is 11.7 Å². The molecule has 1 amide bonds. The molecule has 0 radical (unpaired) electrons. The number of nitrogens with two attached hydrogens (primary N) is 1. The number of nitrogens with one attached hydrogen (secondary N) is 1. The topological polar surface area (TPSA) is 58.4 Å². The molecule has 1 aliphatic rings. The molecule has 0 bridgehead atoms. The van der Waals surface area contributed by atoms with Crippen LogP contribution in [0.25, 0.3) is 0 Å². The molecule has 2 rings (SSSR count). The van der Waals surface area contributed by atoms with E-state index in [9.17, 15) is 4.79 Å². The molecule has 1 heterocycles. The van der Waals surface area contributed by atoms with Gasteiger partial charge in [0.2, 0.25) is 5.91 Å². The van der Waals surface area contributed by atoms with E-state index in [0.717, 1.165) is 51.9 Å². The maximum absolute atomic E-state index is 11.8. The molecular weight excluding hydrogens is 310 g/mol. The lowest BCUT2D eigenvalue weighted by Crippen LogP contribution is -2.42. The van der Waals surface area contributed by atoms with Crippen molar-refractivity contribution in [3.63, 3.8) is 0 Å². The minimum absolute atomic E-state index is 0. The summed E-state index contributed by atoms with van der Waals surface area (Å²) in [5.41, 5.74) is 7.22. The Morgan fingerprint density at radius 3 is 2.83 bits per heavy atom. The SMILES string of the molecule is CCCC(N)C(=O)NCC1CCN(CCc2ccccc2)C1.Cl. The fourth-order valence-electron chi connectivity index (χ4n) is 3.03. The molecule has 0 aliphatic carbocycles. The number of nitrogens with zero attached hydrogens (tertiary/aromatic N) is 1. The summed E-state index contributed by atoms with van der Waals surface area (Å²) in [6, 6.07) is 10.3. The molecule has 0 saturated carbocycles. The highest BCUT2D eigenvalue weighted by molar-refractivity contribution is 5.85. The molecule has 5 heteroatoms. The van der Waals surface area contributed by atoms with Crippen molar-refractivity contribution >= 4 is 18.3 Å². The zero-order valence-electron chi connectivity index (χ0n) is 14.0. The number of amides is 1. The summed E-state index contributed by atoms with van der Waals surface area (Å²) in [6.45, 7) is 6.13. The van der Waals surface area contributed by atoms with Crippen LogP contribution in [0.1, 0.15) is 31.7 Å². The van der Waals surface area contributed by atoms with Crippen LogP contribution in [0.4, 0.5) is 0 Å². The predicted octanol–water partition coefficient (Wildman–Crippen LogP) is 2.22. The molecule has 2 unspecified atom stereocenters. The fourth-order valence-corrected chi connectivity index (χ4v) is 3.03. The number of carbonyl (C=O) groups excluding carboxylic acids is 1. The summed E-state index contributed by atoms with van der Waals surface area (Å²) in [4.78, 5) is 14.3. The minimum Gasteiger partial charge on any atom is -0.354 e. The second kappa shape index (κ2) is 10.6. The number of rotatable bonds is 8. The Labute approximate surface area is 146 Å². The van der Waals surface area contributed by atoms with Crippen molar-refractivity contribution in [3.8, 4) is 0 Å². The van der Waals surface area contributed by atoms with Crippen LogP contribution in [0.2, 0.25) is 0 Å². The average molecular weight is 340 g/mol. The quantitative estimate of drug-likeness (QED) is 0.763. The van der Waals surface area contributed by atoms with E-state index in [4.69, 9.17) is 5.73 Å². The maximum atomic E-state index is 11.8. The van der Waals surface area contributed by atoms with Crippen molar-refractivity contribution in [2.75, 3.05) is 26.2 Å². The number of benzene rings is 1. The van der Waals surface area contributed by atoms with Crippen molar-refractivity contribution in [1.82, 2.24) is 10.2 Å². The Morgan fingerprint density at radius 1 is 1.39 bits per heavy atom. The summed E-state index contributed by atoms with van der Waals surface area (Å²) >= 11 is 0. The molecule has 1 aromatic carbocycles. The van der Waals surface area contributed by atoms with Crippen LogP contribution in [-0.4, -0.2) is 43.0 Å². The Balaban J connectivity index is 0.00000264. The van der Waals surface area contributed by atoms with Gasteiger partial charge in [-0.05, 0) is 37.3 Å². The molecule has 1 aliphatic heterocycles. The van der Waals surface area contributed by atoms with Crippen LogP contribution in [0, 0.1) is 5.92 Å². The summed E-state index contributed by atoms with van der Waals surface area (Å²) < 4.78 is 0. The number of hydrogen-bond acceptors (Lipinski definition) is 3. The van der Waals surface area contributed by atoms with E-state index in [2.05, 4.69) is 47.5 Å². The van der Waals surface area contributed by atoms with Gasteiger partial charge in [-0.15, -0.1) is 12.4 Å². The molecular formula is C18H30ClN3O. The Hall–Kier alpha value is -1.10. The van der Waals surface area contributed by atoms with Gasteiger partial charge in [0.15, 0.2) is 0 Å². The standard InChI is InChI=1S/C18H29N3O.ClH/c1-2-6-17(19)18(22)20-13-16-10-12-21(14-16)11-9-15-7-4-3-5-8-15;/h3-5,7-8,16-17H,2,6,9-14,19H2,1H3,(H,20,22);1H. The van der Waals surface area contributed by atoms with Crippen LogP contribution in [0.5, 0.6) is 0 Å². The Morgan fingerprint density at radius 2 is 2.13 bits per heavy atom. The summed E-state index contributed by atoms with van der Waals surface area (Å²) in [5, 5.41) is 3.01. The van der Waals surface area contributed by atoms with Crippen LogP contribution >= 0.6 is 12.4 Å². The van der Waals surface area contributed by atoms with E-state index >= 15 is 0 Å². The van der Waals surface area contributed by atoms with Gasteiger partial charge in [-0.1, -0.05) is 43.7 Å². The van der Waals surface area contributed by atoms with Crippen LogP contribution in [-0.2, 0) is 11.2 Å². The first kappa shape index (κ1) is 19.9. The lowest BCUT2D eigenvalue weighted by atomic mass is 10.1. The van der Waals surface area contributed by atoms with Gasteiger partial charge < -0.3 is 16.0 Å². The van der Waals surface area contributed by atoms with E-state index in [1.54, 1.807) is 0 Å². The van der Waals surface area contributed by atoms with Gasteiger partial charge in [-0.2, -0.15) is 0 Å². The number of hydrogen-bond donors (Lipinski definition) is 2. The van der Waals surface area contributed by atoms with Crippen molar-refractivity contribution in [1.29, 1.82) is 0 Å². The second-order valence-corrected chi connectivity index (χ2v) is 6.33. The van der Waals surface area contributed by atoms with Gasteiger partial charge in [0.1, 0.15) is 0 Å². The van der Waals surface area contributed by atoms with Crippen molar-refractivity contribution in [3.05, 3.63) is 35.9 Å². The van der Waals surface area contributed by atoms with Crippen LogP contribution < -0.4 is 11.1 Å². The van der Waals surface area contributed by atoms with Crippen molar-refractivity contribution in [2.45, 2.75) is 38.6 Å². The third kappa shape index (κ3) is 6.90. The minimum atomic E-state index is -0.347. The fraction of sp³-hybridized carbons (Fsp3) is 0.611. The molecule has 4 nitrogen and oxygen atoms in total. The zero-order chi connectivity index (χ0) is 15.8. The zero-order valence-corrected chi connectivity index (χ0v) is 14.9. The van der Waals surface area contributed by atoms with E-state index in [1.807, 2.05) is 0 Å². The average Bonchev–Trinajstić information content (AvgIpc) is 3.00. The van der Waals surface area contributed by atoms with E-state index in [0.29, 0.717) is 5.92 Å². The lowest BCUT2D eigenvalue weighted by Gasteiger charge is -2.17. The molecule has 0 spiro atoms. The van der Waals surface area contributed by atoms with Crippen LogP contribution in [0.3, 0.4) is 0 Å². The van der Waals surface area contributed by atoms with Crippen LogP contribution in [0.15, 0.2) is 30.3 Å². The summed E-state index contributed by atoms with van der Waals surface area (Å²) in [5.74, 6) is 0.568. The van der Waals surface area contributed by atoms with Crippen molar-refractivity contribution < 1.29 is 4.79 Å². The first-order chi connectivity index (χ1) is 10.7. The molecule has 1 saturated heterocycles. The third-order valence-corrected chi connectivity index (χ3v) is 4.43. The smallest absolute Gasteiger partial charge is 0.236 e. The monoisotopic (exact) mass is 339 g/mol.